The molecule has 1 aliphatic rings. The average molecular weight is 471 g/mol. The van der Waals surface area contributed by atoms with Gasteiger partial charge in [-0.15, -0.1) is 0 Å². The summed E-state index contributed by atoms with van der Waals surface area (Å²) in [4.78, 5) is 13.5. The zero-order valence-electron chi connectivity index (χ0n) is 19.9. The average Bonchev–Trinajstić information content (AvgIpc) is 2.91. The molecule has 0 bridgehead atoms. The molecule has 6 nitrogen and oxygen atoms in total. The first-order valence-corrected chi connectivity index (χ1v) is 11.3. The molecule has 0 amide bonds. The van der Waals surface area contributed by atoms with Crippen molar-refractivity contribution in [3.05, 3.63) is 89.5 Å². The quantitative estimate of drug-likeness (QED) is 0.340. The highest BCUT2D eigenvalue weighted by atomic mass is 16.5. The lowest BCUT2D eigenvalue weighted by molar-refractivity contribution is 0.0891. The summed E-state index contributed by atoms with van der Waals surface area (Å²) in [6.45, 7) is 0.583. The summed E-state index contributed by atoms with van der Waals surface area (Å²) in [6.07, 6.45) is 0. The molecule has 0 N–H and O–H groups in total. The van der Waals surface area contributed by atoms with E-state index in [-0.39, 0.29) is 12.4 Å². The van der Waals surface area contributed by atoms with Crippen molar-refractivity contribution >= 4 is 16.6 Å². The molecule has 178 valence electrons. The van der Waals surface area contributed by atoms with Crippen molar-refractivity contribution in [2.45, 2.75) is 12.5 Å². The van der Waals surface area contributed by atoms with Crippen LogP contribution in [0.3, 0.4) is 0 Å². The smallest absolute Gasteiger partial charge is 0.177 e. The predicted octanol–water partition coefficient (Wildman–Crippen LogP) is 5.80. The molecule has 0 saturated carbocycles. The number of ketones is 1. The molecule has 0 aromatic heterocycles. The maximum Gasteiger partial charge on any atom is 0.177 e. The van der Waals surface area contributed by atoms with Crippen molar-refractivity contribution in [3.63, 3.8) is 0 Å². The van der Waals surface area contributed by atoms with Gasteiger partial charge in [-0.2, -0.15) is 0 Å². The van der Waals surface area contributed by atoms with Crippen LogP contribution in [0.5, 0.6) is 28.7 Å². The summed E-state index contributed by atoms with van der Waals surface area (Å²) >= 11 is 0. The van der Waals surface area contributed by atoms with Gasteiger partial charge in [0.05, 0.1) is 38.4 Å². The van der Waals surface area contributed by atoms with Gasteiger partial charge in [-0.25, -0.2) is 0 Å². The number of hydrogen-bond donors (Lipinski definition) is 0. The summed E-state index contributed by atoms with van der Waals surface area (Å²) in [7, 11) is 4.68. The standard InChI is InChI=1S/C29H26O6/c1-31-22-14-26(32-2)28(27(15-22)33-3)24-17-35-25-13-21(10-11-23(25)29(24)30)34-16-18-8-9-19-6-4-5-7-20(19)12-18/h4-15,24H,16-17H2,1-3H3/t24-/m1/s1. The van der Waals surface area contributed by atoms with E-state index in [1.54, 1.807) is 51.7 Å². The van der Waals surface area contributed by atoms with Gasteiger partial charge >= 0.3 is 0 Å². The molecule has 0 fully saturated rings. The van der Waals surface area contributed by atoms with E-state index in [4.69, 9.17) is 23.7 Å². The van der Waals surface area contributed by atoms with Gasteiger partial charge in [-0.1, -0.05) is 36.4 Å². The highest BCUT2D eigenvalue weighted by Gasteiger charge is 2.35. The van der Waals surface area contributed by atoms with E-state index in [0.29, 0.717) is 46.5 Å². The molecule has 0 unspecified atom stereocenters. The van der Waals surface area contributed by atoms with E-state index < -0.39 is 5.92 Å². The van der Waals surface area contributed by atoms with E-state index >= 15 is 0 Å². The van der Waals surface area contributed by atoms with Crippen LogP contribution < -0.4 is 23.7 Å². The van der Waals surface area contributed by atoms with Crippen molar-refractivity contribution in [2.24, 2.45) is 0 Å². The van der Waals surface area contributed by atoms with E-state index in [1.165, 1.54) is 10.8 Å². The van der Waals surface area contributed by atoms with Gasteiger partial charge in [0, 0.05) is 18.2 Å². The molecular formula is C29H26O6. The van der Waals surface area contributed by atoms with Gasteiger partial charge < -0.3 is 23.7 Å². The first-order valence-electron chi connectivity index (χ1n) is 11.3. The van der Waals surface area contributed by atoms with Crippen LogP contribution in [0.25, 0.3) is 10.8 Å². The molecule has 1 atom stereocenters. The van der Waals surface area contributed by atoms with Crippen molar-refractivity contribution in [3.8, 4) is 28.7 Å². The van der Waals surface area contributed by atoms with Crippen LogP contribution >= 0.6 is 0 Å². The first kappa shape index (κ1) is 22.6. The Labute approximate surface area is 204 Å². The topological polar surface area (TPSA) is 63.2 Å². The molecule has 0 radical (unpaired) electrons. The Bertz CT molecular complexity index is 1370. The Morgan fingerprint density at radius 3 is 2.26 bits per heavy atom. The minimum atomic E-state index is -0.567. The lowest BCUT2D eigenvalue weighted by Gasteiger charge is -2.27. The van der Waals surface area contributed by atoms with Gasteiger partial charge in [0.15, 0.2) is 5.78 Å². The zero-order chi connectivity index (χ0) is 24.4. The molecule has 1 aliphatic heterocycles. The maximum atomic E-state index is 13.5. The second kappa shape index (κ2) is 9.58. The minimum absolute atomic E-state index is 0.0610. The predicted molar refractivity (Wildman–Crippen MR) is 133 cm³/mol. The SMILES string of the molecule is COc1cc(OC)c([C@H]2COc3cc(OCc4ccc5ccccc5c4)ccc3C2=O)c(OC)c1. The molecule has 0 saturated heterocycles. The van der Waals surface area contributed by atoms with Gasteiger partial charge in [-0.05, 0) is 34.5 Å². The zero-order valence-corrected chi connectivity index (χ0v) is 19.9. The third-order valence-electron chi connectivity index (χ3n) is 6.26. The Balaban J connectivity index is 1.37. The maximum absolute atomic E-state index is 13.5. The lowest BCUT2D eigenvalue weighted by Crippen LogP contribution is -2.27. The Morgan fingerprint density at radius 1 is 0.800 bits per heavy atom. The van der Waals surface area contributed by atoms with Crippen LogP contribution in [0.15, 0.2) is 72.8 Å². The minimum Gasteiger partial charge on any atom is -0.496 e. The second-order valence-corrected chi connectivity index (χ2v) is 8.30. The van der Waals surface area contributed by atoms with Crippen LogP contribution in [0.4, 0.5) is 0 Å². The van der Waals surface area contributed by atoms with E-state index in [9.17, 15) is 4.79 Å². The third kappa shape index (κ3) is 4.35. The number of hydrogen-bond acceptors (Lipinski definition) is 6. The highest BCUT2D eigenvalue weighted by molar-refractivity contribution is 6.05. The molecule has 5 rings (SSSR count). The number of carbonyl (C=O) groups excluding carboxylic acids is 1. The molecule has 6 heteroatoms. The van der Waals surface area contributed by atoms with Crippen molar-refractivity contribution in [1.82, 2.24) is 0 Å². The van der Waals surface area contributed by atoms with Crippen LogP contribution in [0, 0.1) is 0 Å². The molecule has 35 heavy (non-hydrogen) atoms. The van der Waals surface area contributed by atoms with Crippen molar-refractivity contribution in [2.75, 3.05) is 27.9 Å². The van der Waals surface area contributed by atoms with E-state index in [0.717, 1.165) is 5.56 Å². The molecule has 0 aliphatic carbocycles. The number of rotatable bonds is 7. The Morgan fingerprint density at radius 2 is 1.54 bits per heavy atom. The summed E-state index contributed by atoms with van der Waals surface area (Å²) in [5.74, 6) is 2.14. The number of Topliss-reactive ketones (excluding diaryl/α,β-unsaturated/α-hetero) is 1. The number of ether oxygens (including phenoxy) is 5. The van der Waals surface area contributed by atoms with E-state index in [2.05, 4.69) is 30.3 Å². The molecule has 0 spiro atoms. The van der Waals surface area contributed by atoms with Gasteiger partial charge in [0.1, 0.15) is 42.0 Å². The monoisotopic (exact) mass is 470 g/mol. The van der Waals surface area contributed by atoms with Gasteiger partial charge in [0.2, 0.25) is 0 Å². The normalized spacial score (nSPS) is 14.7. The van der Waals surface area contributed by atoms with Crippen LogP contribution in [-0.2, 0) is 6.61 Å². The third-order valence-corrected chi connectivity index (χ3v) is 6.26. The van der Waals surface area contributed by atoms with Gasteiger partial charge in [0.25, 0.3) is 0 Å². The Kier molecular flexibility index (Phi) is 6.19. The van der Waals surface area contributed by atoms with E-state index in [1.807, 2.05) is 12.1 Å². The number of methoxy groups -OCH3 is 3. The lowest BCUT2D eigenvalue weighted by atomic mass is 9.87. The Hall–Kier alpha value is -4.19. The molecule has 1 heterocycles. The first-order chi connectivity index (χ1) is 17.1. The van der Waals surface area contributed by atoms with Gasteiger partial charge in [-0.3, -0.25) is 4.79 Å². The fourth-order valence-electron chi connectivity index (χ4n) is 4.44. The number of fused-ring (bicyclic) bond motifs is 2. The fourth-order valence-corrected chi connectivity index (χ4v) is 4.44. The molecule has 4 aromatic rings. The van der Waals surface area contributed by atoms with Crippen LogP contribution in [0.1, 0.15) is 27.4 Å². The highest BCUT2D eigenvalue weighted by Crippen LogP contribution is 2.43. The summed E-state index contributed by atoms with van der Waals surface area (Å²) in [6, 6.07) is 23.3. The fraction of sp³-hybridized carbons (Fsp3) is 0.207. The largest absolute Gasteiger partial charge is 0.496 e. The number of carbonyl (C=O) groups is 1. The van der Waals surface area contributed by atoms with Crippen LogP contribution in [-0.4, -0.2) is 33.7 Å². The summed E-state index contributed by atoms with van der Waals surface area (Å²) in [5.41, 5.74) is 2.21. The summed E-state index contributed by atoms with van der Waals surface area (Å²) in [5, 5.41) is 2.36. The second-order valence-electron chi connectivity index (χ2n) is 8.30. The number of benzene rings is 4. The van der Waals surface area contributed by atoms with Crippen LogP contribution in [0.2, 0.25) is 0 Å². The van der Waals surface area contributed by atoms with Crippen molar-refractivity contribution < 1.29 is 28.5 Å². The molecule has 4 aromatic carbocycles. The van der Waals surface area contributed by atoms with Crippen molar-refractivity contribution in [1.29, 1.82) is 0 Å². The summed E-state index contributed by atoms with van der Waals surface area (Å²) < 4.78 is 28.5. The molecular weight excluding hydrogens is 444 g/mol.